The molecule has 0 unspecified atom stereocenters. The number of para-hydroxylation sites is 1. The largest absolute Gasteiger partial charge is 0.493 e. The number of carboxylic acid groups (broad SMARTS) is 1. The molecule has 0 aliphatic carbocycles. The molecule has 2 aromatic rings. The van der Waals surface area contributed by atoms with E-state index in [2.05, 4.69) is 26.6 Å². The number of carboxylic acids is 1. The number of carbonyl (C=O) groups excluding carboxylic acids is 3. The molecule has 33 heavy (non-hydrogen) atoms. The number of hydrogen-bond acceptors (Lipinski definition) is 6. The minimum Gasteiger partial charge on any atom is -0.493 e. The summed E-state index contributed by atoms with van der Waals surface area (Å²) in [6.07, 6.45) is 1.35. The Morgan fingerprint density at radius 3 is 2.64 bits per heavy atom. The first-order valence-electron chi connectivity index (χ1n) is 9.30. The minimum absolute atomic E-state index is 0.0773. The van der Waals surface area contributed by atoms with Gasteiger partial charge in [-0.3, -0.25) is 9.59 Å². The van der Waals surface area contributed by atoms with E-state index in [4.69, 9.17) is 14.6 Å². The number of imide groups is 1. The average Bonchev–Trinajstić information content (AvgIpc) is 3.02. The summed E-state index contributed by atoms with van der Waals surface area (Å²) in [4.78, 5) is 48.5. The highest BCUT2D eigenvalue weighted by molar-refractivity contribution is 9.10. The number of urea groups is 1. The minimum atomic E-state index is -1.17. The monoisotopic (exact) mass is 521 g/mol. The van der Waals surface area contributed by atoms with Crippen molar-refractivity contribution in [2.24, 2.45) is 0 Å². The van der Waals surface area contributed by atoms with Gasteiger partial charge in [0, 0.05) is 4.47 Å². The van der Waals surface area contributed by atoms with E-state index in [1.54, 1.807) is 0 Å². The summed E-state index contributed by atoms with van der Waals surface area (Å²) >= 11 is 3.29. The highest BCUT2D eigenvalue weighted by atomic mass is 79.9. The zero-order chi connectivity index (χ0) is 24.1. The summed E-state index contributed by atoms with van der Waals surface area (Å²) in [5.41, 5.74) is 0.225. The van der Waals surface area contributed by atoms with Crippen LogP contribution in [-0.2, 0) is 14.4 Å². The Morgan fingerprint density at radius 1 is 1.24 bits per heavy atom. The molecule has 0 spiro atoms. The van der Waals surface area contributed by atoms with Crippen LogP contribution >= 0.6 is 15.9 Å². The fourth-order valence-corrected chi connectivity index (χ4v) is 3.28. The predicted molar refractivity (Wildman–Crippen MR) is 117 cm³/mol. The number of ether oxygens (including phenoxy) is 2. The summed E-state index contributed by atoms with van der Waals surface area (Å²) in [5.74, 6) is -2.99. The fraction of sp³-hybridized carbons (Fsp3) is 0.143. The quantitative estimate of drug-likeness (QED) is 0.359. The Balaban J connectivity index is 1.77. The van der Waals surface area contributed by atoms with E-state index >= 15 is 0 Å². The standard InChI is InChI=1S/C21H17BrFN3O7/c1-32-16-7-11(12(22)8-17(16)33-10-19(28)29)6-15-20(30)26(21(31)25-15)9-18(27)24-14-5-3-2-4-13(14)23/h2-8H,9-10H2,1H3,(H,24,27)(H,25,31)(H,28,29)/b15-6+. The maximum absolute atomic E-state index is 13.7. The van der Waals surface area contributed by atoms with Gasteiger partial charge in [-0.25, -0.2) is 18.9 Å². The van der Waals surface area contributed by atoms with Gasteiger partial charge >= 0.3 is 12.0 Å². The number of nitrogens with zero attached hydrogens (tertiary/aromatic N) is 1. The van der Waals surface area contributed by atoms with E-state index in [0.717, 1.165) is 6.07 Å². The van der Waals surface area contributed by atoms with Crippen LogP contribution in [0.1, 0.15) is 5.56 Å². The van der Waals surface area contributed by atoms with Crippen molar-refractivity contribution in [1.29, 1.82) is 0 Å². The van der Waals surface area contributed by atoms with E-state index in [1.807, 2.05) is 0 Å². The van der Waals surface area contributed by atoms with Crippen LogP contribution in [0.5, 0.6) is 11.5 Å². The number of methoxy groups -OCH3 is 1. The molecular weight excluding hydrogens is 505 g/mol. The smallest absolute Gasteiger partial charge is 0.341 e. The predicted octanol–water partition coefficient (Wildman–Crippen LogP) is 2.59. The SMILES string of the molecule is COc1cc(/C=C2/NC(=O)N(CC(=O)Nc3ccccc3F)C2=O)c(Br)cc1OCC(=O)O. The first-order chi connectivity index (χ1) is 15.7. The molecule has 3 rings (SSSR count). The van der Waals surface area contributed by atoms with Crippen molar-refractivity contribution in [2.75, 3.05) is 25.6 Å². The van der Waals surface area contributed by atoms with Crippen molar-refractivity contribution in [3.8, 4) is 11.5 Å². The van der Waals surface area contributed by atoms with Crippen LogP contribution in [0.4, 0.5) is 14.9 Å². The third kappa shape index (κ3) is 5.66. The van der Waals surface area contributed by atoms with Gasteiger partial charge in [0.2, 0.25) is 5.91 Å². The molecule has 1 heterocycles. The molecule has 0 aromatic heterocycles. The molecule has 4 amide bonds. The van der Waals surface area contributed by atoms with Gasteiger partial charge in [0.15, 0.2) is 18.1 Å². The number of anilines is 1. The molecule has 2 aromatic carbocycles. The van der Waals surface area contributed by atoms with Crippen LogP contribution in [0.2, 0.25) is 0 Å². The molecule has 172 valence electrons. The van der Waals surface area contributed by atoms with E-state index in [9.17, 15) is 23.6 Å². The van der Waals surface area contributed by atoms with Gasteiger partial charge in [-0.05, 0) is 35.9 Å². The maximum atomic E-state index is 13.7. The first-order valence-corrected chi connectivity index (χ1v) is 10.1. The highest BCUT2D eigenvalue weighted by Gasteiger charge is 2.35. The molecule has 0 radical (unpaired) electrons. The van der Waals surface area contributed by atoms with Crippen LogP contribution < -0.4 is 20.1 Å². The Bertz CT molecular complexity index is 1170. The van der Waals surface area contributed by atoms with E-state index in [1.165, 1.54) is 43.5 Å². The Hall–Kier alpha value is -3.93. The van der Waals surface area contributed by atoms with Gasteiger partial charge in [0.1, 0.15) is 18.1 Å². The average molecular weight is 522 g/mol. The fourth-order valence-electron chi connectivity index (χ4n) is 2.84. The number of hydrogen-bond donors (Lipinski definition) is 3. The van der Waals surface area contributed by atoms with Crippen LogP contribution in [0.25, 0.3) is 6.08 Å². The summed E-state index contributed by atoms with van der Waals surface area (Å²) in [6.45, 7) is -1.20. The van der Waals surface area contributed by atoms with Crippen LogP contribution in [-0.4, -0.2) is 54.1 Å². The summed E-state index contributed by atoms with van der Waals surface area (Å²) < 4.78 is 24.5. The molecule has 1 saturated heterocycles. The molecule has 1 fully saturated rings. The van der Waals surface area contributed by atoms with E-state index in [-0.39, 0.29) is 22.9 Å². The van der Waals surface area contributed by atoms with Crippen LogP contribution in [0.3, 0.4) is 0 Å². The molecule has 0 bridgehead atoms. The second kappa shape index (κ2) is 10.1. The lowest BCUT2D eigenvalue weighted by Crippen LogP contribution is -2.38. The number of amides is 4. The Kier molecular flexibility index (Phi) is 7.28. The molecule has 1 aliphatic rings. The Labute approximate surface area is 195 Å². The molecular formula is C21H17BrFN3O7. The normalized spacial score (nSPS) is 14.3. The van der Waals surface area contributed by atoms with Gasteiger partial charge in [0.05, 0.1) is 12.8 Å². The van der Waals surface area contributed by atoms with Gasteiger partial charge in [-0.2, -0.15) is 0 Å². The number of aliphatic carboxylic acids is 1. The summed E-state index contributed by atoms with van der Waals surface area (Å²) in [5, 5.41) is 13.5. The third-order valence-electron chi connectivity index (χ3n) is 4.35. The summed E-state index contributed by atoms with van der Waals surface area (Å²) in [7, 11) is 1.35. The zero-order valence-electron chi connectivity index (χ0n) is 17.1. The van der Waals surface area contributed by atoms with E-state index in [0.29, 0.717) is 14.9 Å². The maximum Gasteiger partial charge on any atom is 0.341 e. The zero-order valence-corrected chi connectivity index (χ0v) is 18.6. The molecule has 0 saturated carbocycles. The molecule has 1 aliphatic heterocycles. The van der Waals surface area contributed by atoms with E-state index < -0.39 is 42.8 Å². The van der Waals surface area contributed by atoms with Crippen molar-refractivity contribution in [3.63, 3.8) is 0 Å². The lowest BCUT2D eigenvalue weighted by Gasteiger charge is -2.12. The Morgan fingerprint density at radius 2 is 1.97 bits per heavy atom. The first kappa shape index (κ1) is 23.7. The van der Waals surface area contributed by atoms with Crippen molar-refractivity contribution >= 4 is 51.5 Å². The van der Waals surface area contributed by atoms with Crippen molar-refractivity contribution in [1.82, 2.24) is 10.2 Å². The lowest BCUT2D eigenvalue weighted by atomic mass is 10.1. The number of carbonyl (C=O) groups is 4. The lowest BCUT2D eigenvalue weighted by molar-refractivity contribution is -0.139. The van der Waals surface area contributed by atoms with Gasteiger partial charge in [-0.15, -0.1) is 0 Å². The van der Waals surface area contributed by atoms with Gasteiger partial charge in [-0.1, -0.05) is 28.1 Å². The second-order valence-corrected chi connectivity index (χ2v) is 7.47. The highest BCUT2D eigenvalue weighted by Crippen LogP contribution is 2.35. The van der Waals surface area contributed by atoms with Crippen molar-refractivity contribution < 1.29 is 38.1 Å². The number of halogens is 2. The molecule has 0 atom stereocenters. The van der Waals surface area contributed by atoms with Gasteiger partial charge in [0.25, 0.3) is 5.91 Å². The summed E-state index contributed by atoms with van der Waals surface area (Å²) in [6, 6.07) is 7.60. The molecule has 10 nitrogen and oxygen atoms in total. The van der Waals surface area contributed by atoms with Crippen molar-refractivity contribution in [3.05, 3.63) is 57.9 Å². The topological polar surface area (TPSA) is 134 Å². The molecule has 3 N–H and O–H groups in total. The third-order valence-corrected chi connectivity index (χ3v) is 5.03. The number of nitrogens with one attached hydrogen (secondary N) is 2. The number of rotatable bonds is 8. The van der Waals surface area contributed by atoms with Crippen LogP contribution in [0, 0.1) is 5.82 Å². The van der Waals surface area contributed by atoms with Gasteiger partial charge < -0.3 is 25.2 Å². The number of benzene rings is 2. The van der Waals surface area contributed by atoms with Crippen LogP contribution in [0.15, 0.2) is 46.6 Å². The second-order valence-electron chi connectivity index (χ2n) is 6.61. The molecule has 12 heteroatoms. The van der Waals surface area contributed by atoms with Crippen molar-refractivity contribution in [2.45, 2.75) is 0 Å².